The highest BCUT2D eigenvalue weighted by molar-refractivity contribution is 7.93. The lowest BCUT2D eigenvalue weighted by Gasteiger charge is -2.34. The smallest absolute Gasteiger partial charge is 0.262 e. The number of hydrogen-bond donors (Lipinski definition) is 4. The van der Waals surface area contributed by atoms with Crippen LogP contribution in [0.15, 0.2) is 67.4 Å². The first-order valence-corrected chi connectivity index (χ1v) is 28.5. The molecule has 11 rings (SSSR count). The van der Waals surface area contributed by atoms with Gasteiger partial charge in [-0.1, -0.05) is 0 Å². The van der Waals surface area contributed by atoms with Gasteiger partial charge < -0.3 is 39.4 Å². The summed E-state index contributed by atoms with van der Waals surface area (Å²) in [6, 6.07) is 9.45. The molecule has 0 bridgehead atoms. The number of alkyl halides is 1. The summed E-state index contributed by atoms with van der Waals surface area (Å²) in [6.07, 6.45) is 14.8. The molecule has 2 aliphatic heterocycles. The van der Waals surface area contributed by atoms with E-state index in [1.807, 2.05) is 18.2 Å². The average Bonchev–Trinajstić information content (AvgIpc) is 3.40. The van der Waals surface area contributed by atoms with Gasteiger partial charge in [-0.05, 0) is 88.5 Å². The topological polar surface area (TPSA) is 263 Å². The summed E-state index contributed by atoms with van der Waals surface area (Å²) in [7, 11) is -7.97. The molecule has 3 saturated carbocycles. The highest BCUT2D eigenvalue weighted by Gasteiger charge is 2.41. The number of nitrogens with zero attached hydrogens (tertiary/aromatic N) is 10. The Morgan fingerprint density at radius 2 is 1.11 bits per heavy atom. The molecule has 0 radical (unpaired) electrons. The van der Waals surface area contributed by atoms with Crippen LogP contribution in [-0.4, -0.2) is 145 Å². The van der Waals surface area contributed by atoms with Crippen LogP contribution in [0.5, 0.6) is 11.8 Å². The van der Waals surface area contributed by atoms with Crippen molar-refractivity contribution < 1.29 is 40.2 Å². The number of aromatic nitrogens is 8. The van der Waals surface area contributed by atoms with Gasteiger partial charge in [0.15, 0.2) is 0 Å². The fraction of sp³-hybridized carbons (Fsp3) is 0.510. The maximum absolute atomic E-state index is 13.9. The Balaban J connectivity index is 0.707. The molecule has 0 unspecified atom stereocenters. The van der Waals surface area contributed by atoms with Crippen molar-refractivity contribution in [1.29, 1.82) is 0 Å². The number of rotatable bonds is 17. The van der Waals surface area contributed by atoms with Crippen molar-refractivity contribution in [3.05, 3.63) is 73.1 Å². The minimum atomic E-state index is -4.18. The molecule has 5 aliphatic rings. The molecule has 0 amide bonds. The molecule has 0 spiro atoms. The van der Waals surface area contributed by atoms with E-state index in [0.29, 0.717) is 135 Å². The molecule has 74 heavy (non-hydrogen) atoms. The summed E-state index contributed by atoms with van der Waals surface area (Å²) < 4.78 is 94.4. The Labute approximate surface area is 428 Å². The molecular formula is C49H59FN14O8S2. The summed E-state index contributed by atoms with van der Waals surface area (Å²) >= 11 is 0. The van der Waals surface area contributed by atoms with Crippen LogP contribution in [0, 0.1) is 0 Å². The number of sulfonamides is 2. The van der Waals surface area contributed by atoms with E-state index in [2.05, 4.69) is 49.8 Å². The largest absolute Gasteiger partial charge is 0.474 e. The van der Waals surface area contributed by atoms with Crippen molar-refractivity contribution in [2.24, 2.45) is 0 Å². The molecule has 8 heterocycles. The third-order valence-corrected chi connectivity index (χ3v) is 17.0. The second-order valence-corrected chi connectivity index (χ2v) is 23.1. The van der Waals surface area contributed by atoms with Crippen molar-refractivity contribution >= 4 is 76.8 Å². The lowest BCUT2D eigenvalue weighted by atomic mass is 9.82. The van der Waals surface area contributed by atoms with E-state index in [4.69, 9.17) is 38.9 Å². The summed E-state index contributed by atoms with van der Waals surface area (Å²) in [5, 5.41) is 7.42. The molecule has 0 atom stereocenters. The van der Waals surface area contributed by atoms with Gasteiger partial charge >= 0.3 is 0 Å². The molecule has 25 heteroatoms. The van der Waals surface area contributed by atoms with Crippen molar-refractivity contribution in [3.63, 3.8) is 0 Å². The number of fused-ring (bicyclic) bond motifs is 2. The normalized spacial score (nSPS) is 23.7. The molecule has 6 aromatic rings. The predicted molar refractivity (Wildman–Crippen MR) is 277 cm³/mol. The monoisotopic (exact) mass is 1050 g/mol. The average molecular weight is 1060 g/mol. The van der Waals surface area contributed by atoms with E-state index in [-0.39, 0.29) is 35.9 Å². The number of pyridine rings is 4. The lowest BCUT2D eigenvalue weighted by molar-refractivity contribution is 0.122. The van der Waals surface area contributed by atoms with E-state index >= 15 is 0 Å². The Morgan fingerprint density at radius 1 is 0.608 bits per heavy atom. The Kier molecular flexibility index (Phi) is 14.6. The maximum atomic E-state index is 13.9. The van der Waals surface area contributed by atoms with Crippen LogP contribution < -0.4 is 39.4 Å². The van der Waals surface area contributed by atoms with Gasteiger partial charge in [0.25, 0.3) is 10.0 Å². The van der Waals surface area contributed by atoms with Gasteiger partial charge in [-0.25, -0.2) is 41.2 Å². The molecule has 22 nitrogen and oxygen atoms in total. The summed E-state index contributed by atoms with van der Waals surface area (Å²) in [4.78, 5) is 41.3. The predicted octanol–water partition coefficient (Wildman–Crippen LogP) is 5.79. The van der Waals surface area contributed by atoms with Crippen molar-refractivity contribution in [2.45, 2.75) is 99.7 Å². The van der Waals surface area contributed by atoms with Crippen molar-refractivity contribution in [3.8, 4) is 11.8 Å². The molecule has 3 aliphatic carbocycles. The summed E-state index contributed by atoms with van der Waals surface area (Å²) in [5.41, 5.74) is 2.45. The summed E-state index contributed by atoms with van der Waals surface area (Å²) in [6.45, 7) is 4.99. The third-order valence-electron chi connectivity index (χ3n) is 14.4. The van der Waals surface area contributed by atoms with E-state index < -0.39 is 31.3 Å². The van der Waals surface area contributed by atoms with Gasteiger partial charge in [-0.15, -0.1) is 0 Å². The number of morpholine rings is 2. The first kappa shape index (κ1) is 49.6. The van der Waals surface area contributed by atoms with Crippen molar-refractivity contribution in [1.82, 2.24) is 39.9 Å². The molecule has 2 saturated heterocycles. The molecule has 4 N–H and O–H groups in total. The van der Waals surface area contributed by atoms with Crippen LogP contribution >= 0.6 is 0 Å². The van der Waals surface area contributed by atoms with Crippen molar-refractivity contribution in [2.75, 3.05) is 88.5 Å². The van der Waals surface area contributed by atoms with Crippen LogP contribution in [-0.2, 0) is 29.5 Å². The van der Waals surface area contributed by atoms with Crippen LogP contribution in [0.4, 0.5) is 39.3 Å². The molecular weight excluding hydrogens is 996 g/mol. The fourth-order valence-corrected chi connectivity index (χ4v) is 12.4. The van der Waals surface area contributed by atoms with Crippen LogP contribution in [0.3, 0.4) is 0 Å². The quantitative estimate of drug-likeness (QED) is 0.0843. The van der Waals surface area contributed by atoms with E-state index in [9.17, 15) is 21.2 Å². The number of halogens is 1. The van der Waals surface area contributed by atoms with Gasteiger partial charge in [0.05, 0.1) is 77.3 Å². The standard InChI is InChI=1S/C49H59FN14O8S2/c50-30-73(65,66)61-34-24-39-42(54-28-34)26-44(63-14-18-69-19-15-63)59-46(39)71-37-8-4-33(5-9-37)57-49-53-13-10-41(58-49)31-22-38(23-31)74(67,68)62-35-25-40-43(55-29-35)27-45(64-16-20-70-21-17-64)60-47(40)72-36-6-2-32(3-7-36)56-48-51-11-1-12-52-48/h1,10-13,24-29,31-33,36-38,61-62H,2-9,14-23,30H2,(H,51,52,56)(H,53,57,58). The van der Waals surface area contributed by atoms with Gasteiger partial charge in [0, 0.05) is 80.6 Å². The third kappa shape index (κ3) is 11.7. The Bertz CT molecular complexity index is 3160. The first-order chi connectivity index (χ1) is 36.0. The fourth-order valence-electron chi connectivity index (χ4n) is 10.3. The zero-order valence-electron chi connectivity index (χ0n) is 40.7. The number of hydrogen-bond acceptors (Lipinski definition) is 20. The van der Waals surface area contributed by atoms with Crippen LogP contribution in [0.1, 0.15) is 75.8 Å². The SMILES string of the molecule is O=S(=O)(CF)Nc1cnc2cc(N3CCOCC3)nc(OC3CCC(Nc4nccc(C5CC(S(=O)(=O)Nc6cnc7cc(N8CCOCC8)nc(OC8CCC(Nc9ncccn9)CC8)c7c6)C5)n4)CC3)c2c1. The first-order valence-electron chi connectivity index (χ1n) is 25.3. The van der Waals surface area contributed by atoms with Crippen LogP contribution in [0.2, 0.25) is 0 Å². The highest BCUT2D eigenvalue weighted by Crippen LogP contribution is 2.42. The van der Waals surface area contributed by atoms with E-state index in [1.54, 1.807) is 43.0 Å². The second kappa shape index (κ2) is 21.7. The number of nitrogens with one attached hydrogen (secondary N) is 4. The molecule has 392 valence electrons. The zero-order chi connectivity index (χ0) is 50.7. The minimum Gasteiger partial charge on any atom is -0.474 e. The molecule has 6 aromatic heterocycles. The van der Waals surface area contributed by atoms with Gasteiger partial charge in [0.1, 0.15) is 23.8 Å². The van der Waals surface area contributed by atoms with Crippen LogP contribution in [0.25, 0.3) is 21.8 Å². The van der Waals surface area contributed by atoms with E-state index in [1.165, 1.54) is 6.20 Å². The zero-order valence-corrected chi connectivity index (χ0v) is 42.3. The lowest BCUT2D eigenvalue weighted by Crippen LogP contribution is -2.38. The Morgan fingerprint density at radius 3 is 1.64 bits per heavy atom. The Hall–Kier alpha value is -6.57. The second-order valence-electron chi connectivity index (χ2n) is 19.5. The number of ether oxygens (including phenoxy) is 4. The maximum Gasteiger partial charge on any atom is 0.262 e. The molecule has 5 fully saturated rings. The van der Waals surface area contributed by atoms with Gasteiger partial charge in [0.2, 0.25) is 39.7 Å². The van der Waals surface area contributed by atoms with Gasteiger partial charge in [-0.3, -0.25) is 19.4 Å². The van der Waals surface area contributed by atoms with Gasteiger partial charge in [-0.2, -0.15) is 9.97 Å². The minimum absolute atomic E-state index is 0.0620. The van der Waals surface area contributed by atoms with E-state index in [0.717, 1.165) is 50.0 Å². The summed E-state index contributed by atoms with van der Waals surface area (Å²) in [5.74, 6) is 3.19. The molecule has 0 aromatic carbocycles. The highest BCUT2D eigenvalue weighted by atomic mass is 32.2. The number of anilines is 6.